The molecule has 0 spiro atoms. The van der Waals surface area contributed by atoms with Crippen LogP contribution in [-0.2, 0) is 9.59 Å². The van der Waals surface area contributed by atoms with Gasteiger partial charge in [0.15, 0.2) is 11.5 Å². The number of amides is 2. The summed E-state index contributed by atoms with van der Waals surface area (Å²) in [5, 5.41) is 12.3. The number of hydrogen-bond donors (Lipinski definition) is 2. The molecule has 0 radical (unpaired) electrons. The molecule has 1 saturated carbocycles. The van der Waals surface area contributed by atoms with Gasteiger partial charge >= 0.3 is 0 Å². The molecule has 0 unspecified atom stereocenters. The van der Waals surface area contributed by atoms with Gasteiger partial charge in [0, 0.05) is 23.8 Å². The number of rotatable bonds is 9. The average molecular weight is 493 g/mol. The first-order chi connectivity index (χ1) is 17.4. The Hall–Kier alpha value is -3.55. The molecular weight excluding hydrogens is 456 g/mol. The second kappa shape index (κ2) is 11.9. The number of anilines is 2. The largest absolute Gasteiger partial charge is 0.493 e. The molecule has 36 heavy (non-hydrogen) atoms. The SMILES string of the molecule is COc1ccc(/C=N/N2CCC[C@H]2C(=O)Nc2ccc(NC(=O)C(C)C)cc2)cc1OC1CCCC1. The Morgan fingerprint density at radius 3 is 2.33 bits per heavy atom. The highest BCUT2D eigenvalue weighted by molar-refractivity contribution is 5.96. The van der Waals surface area contributed by atoms with E-state index in [1.165, 1.54) is 12.8 Å². The van der Waals surface area contributed by atoms with Crippen molar-refractivity contribution >= 4 is 29.4 Å². The minimum atomic E-state index is -0.339. The van der Waals surface area contributed by atoms with Crippen molar-refractivity contribution in [3.63, 3.8) is 0 Å². The molecular formula is C28H36N4O4. The van der Waals surface area contributed by atoms with Crippen LogP contribution >= 0.6 is 0 Å². The van der Waals surface area contributed by atoms with Crippen LogP contribution in [0.15, 0.2) is 47.6 Å². The molecule has 2 fully saturated rings. The van der Waals surface area contributed by atoms with E-state index in [1.807, 2.05) is 37.1 Å². The normalized spacial score (nSPS) is 18.1. The third-order valence-corrected chi connectivity index (χ3v) is 6.61. The molecule has 192 valence electrons. The summed E-state index contributed by atoms with van der Waals surface area (Å²) in [5.41, 5.74) is 2.28. The molecule has 2 aromatic rings. The number of benzene rings is 2. The van der Waals surface area contributed by atoms with Gasteiger partial charge in [-0.1, -0.05) is 13.8 Å². The highest BCUT2D eigenvalue weighted by Gasteiger charge is 2.30. The molecule has 2 aromatic carbocycles. The van der Waals surface area contributed by atoms with Crippen molar-refractivity contribution in [3.05, 3.63) is 48.0 Å². The van der Waals surface area contributed by atoms with Crippen molar-refractivity contribution in [3.8, 4) is 11.5 Å². The zero-order chi connectivity index (χ0) is 25.5. The first kappa shape index (κ1) is 25.5. The van der Waals surface area contributed by atoms with Gasteiger partial charge in [0.1, 0.15) is 6.04 Å². The maximum absolute atomic E-state index is 13.0. The molecule has 2 N–H and O–H groups in total. The van der Waals surface area contributed by atoms with E-state index in [4.69, 9.17) is 9.47 Å². The van der Waals surface area contributed by atoms with Crippen LogP contribution in [0.1, 0.15) is 57.9 Å². The van der Waals surface area contributed by atoms with Crippen molar-refractivity contribution in [2.75, 3.05) is 24.3 Å². The summed E-state index contributed by atoms with van der Waals surface area (Å²) in [7, 11) is 1.65. The van der Waals surface area contributed by atoms with E-state index >= 15 is 0 Å². The molecule has 4 rings (SSSR count). The molecule has 1 aliphatic heterocycles. The van der Waals surface area contributed by atoms with Crippen LogP contribution in [-0.4, -0.2) is 48.8 Å². The van der Waals surface area contributed by atoms with Gasteiger partial charge in [-0.3, -0.25) is 14.6 Å². The first-order valence-electron chi connectivity index (χ1n) is 12.8. The fourth-order valence-corrected chi connectivity index (χ4v) is 4.50. The van der Waals surface area contributed by atoms with Gasteiger partial charge in [-0.15, -0.1) is 0 Å². The Morgan fingerprint density at radius 2 is 1.67 bits per heavy atom. The van der Waals surface area contributed by atoms with Gasteiger partial charge < -0.3 is 20.1 Å². The lowest BCUT2D eigenvalue weighted by molar-refractivity contribution is -0.120. The van der Waals surface area contributed by atoms with Crippen molar-refractivity contribution in [1.29, 1.82) is 0 Å². The summed E-state index contributed by atoms with van der Waals surface area (Å²) in [6.45, 7) is 4.41. The Bertz CT molecular complexity index is 1080. The van der Waals surface area contributed by atoms with Crippen molar-refractivity contribution < 1.29 is 19.1 Å². The van der Waals surface area contributed by atoms with Crippen LogP contribution in [0.2, 0.25) is 0 Å². The average Bonchev–Trinajstić information content (AvgIpc) is 3.56. The minimum Gasteiger partial charge on any atom is -0.493 e. The van der Waals surface area contributed by atoms with Crippen molar-refractivity contribution in [2.24, 2.45) is 11.0 Å². The zero-order valence-corrected chi connectivity index (χ0v) is 21.3. The molecule has 2 aliphatic rings. The maximum Gasteiger partial charge on any atom is 0.248 e. The molecule has 1 atom stereocenters. The number of carbonyl (C=O) groups is 2. The second-order valence-electron chi connectivity index (χ2n) is 9.71. The Balaban J connectivity index is 1.37. The number of nitrogens with one attached hydrogen (secondary N) is 2. The van der Waals surface area contributed by atoms with Crippen molar-refractivity contribution in [2.45, 2.75) is 64.5 Å². The number of carbonyl (C=O) groups excluding carboxylic acids is 2. The summed E-state index contributed by atoms with van der Waals surface area (Å²) < 4.78 is 11.7. The van der Waals surface area contributed by atoms with Gasteiger partial charge in [-0.2, -0.15) is 5.10 Å². The summed E-state index contributed by atoms with van der Waals surface area (Å²) >= 11 is 0. The first-order valence-corrected chi connectivity index (χ1v) is 12.8. The van der Waals surface area contributed by atoms with E-state index in [2.05, 4.69) is 15.7 Å². The summed E-state index contributed by atoms with van der Waals surface area (Å²) in [6, 6.07) is 12.6. The fraction of sp³-hybridized carbons (Fsp3) is 0.464. The predicted molar refractivity (Wildman–Crippen MR) is 142 cm³/mol. The van der Waals surface area contributed by atoms with E-state index in [1.54, 1.807) is 37.6 Å². The molecule has 1 aliphatic carbocycles. The number of nitrogens with zero attached hydrogens (tertiary/aromatic N) is 2. The lowest BCUT2D eigenvalue weighted by Gasteiger charge is -2.21. The van der Waals surface area contributed by atoms with Gasteiger partial charge in [0.2, 0.25) is 11.8 Å². The van der Waals surface area contributed by atoms with Crippen LogP contribution < -0.4 is 20.1 Å². The Labute approximate surface area is 213 Å². The highest BCUT2D eigenvalue weighted by atomic mass is 16.5. The quantitative estimate of drug-likeness (QED) is 0.478. The maximum atomic E-state index is 13.0. The summed E-state index contributed by atoms with van der Waals surface area (Å²) in [5.74, 6) is 1.22. The molecule has 8 heteroatoms. The van der Waals surface area contributed by atoms with Crippen LogP contribution in [0.4, 0.5) is 11.4 Å². The fourth-order valence-electron chi connectivity index (χ4n) is 4.50. The predicted octanol–water partition coefficient (Wildman–Crippen LogP) is 5.05. The third kappa shape index (κ3) is 6.56. The second-order valence-corrected chi connectivity index (χ2v) is 9.71. The van der Waals surface area contributed by atoms with E-state index < -0.39 is 0 Å². The monoisotopic (exact) mass is 492 g/mol. The molecule has 0 bridgehead atoms. The van der Waals surface area contributed by atoms with Crippen LogP contribution in [0.25, 0.3) is 0 Å². The van der Waals surface area contributed by atoms with Gasteiger partial charge in [0.05, 0.1) is 19.4 Å². The Kier molecular flexibility index (Phi) is 8.46. The summed E-state index contributed by atoms with van der Waals surface area (Å²) in [6.07, 6.45) is 8.19. The van der Waals surface area contributed by atoms with E-state index in [9.17, 15) is 9.59 Å². The highest BCUT2D eigenvalue weighted by Crippen LogP contribution is 2.32. The van der Waals surface area contributed by atoms with Crippen LogP contribution in [0.3, 0.4) is 0 Å². The molecule has 1 saturated heterocycles. The van der Waals surface area contributed by atoms with Crippen molar-refractivity contribution in [1.82, 2.24) is 5.01 Å². The third-order valence-electron chi connectivity index (χ3n) is 6.61. The van der Waals surface area contributed by atoms with Crippen LogP contribution in [0.5, 0.6) is 11.5 Å². The number of hydrogen-bond acceptors (Lipinski definition) is 6. The smallest absolute Gasteiger partial charge is 0.248 e. The summed E-state index contributed by atoms with van der Waals surface area (Å²) in [4.78, 5) is 24.9. The van der Waals surface area contributed by atoms with E-state index in [0.29, 0.717) is 17.1 Å². The minimum absolute atomic E-state index is 0.0414. The van der Waals surface area contributed by atoms with Gasteiger partial charge in [-0.05, 0) is 86.6 Å². The lowest BCUT2D eigenvalue weighted by Crippen LogP contribution is -2.36. The molecule has 8 nitrogen and oxygen atoms in total. The van der Waals surface area contributed by atoms with E-state index in [-0.39, 0.29) is 29.9 Å². The van der Waals surface area contributed by atoms with Gasteiger partial charge in [-0.25, -0.2) is 0 Å². The molecule has 2 amide bonds. The van der Waals surface area contributed by atoms with Gasteiger partial charge in [0.25, 0.3) is 0 Å². The van der Waals surface area contributed by atoms with E-state index in [0.717, 1.165) is 43.5 Å². The topological polar surface area (TPSA) is 92.3 Å². The molecule has 0 aromatic heterocycles. The number of ether oxygens (including phenoxy) is 2. The number of hydrazone groups is 1. The lowest BCUT2D eigenvalue weighted by atomic mass is 10.2. The standard InChI is InChI=1S/C28H36N4O4/c1-19(2)27(33)30-21-11-13-22(14-12-21)31-28(34)24-9-6-16-32(24)29-18-20-10-15-25(35-3)26(17-20)36-23-7-4-5-8-23/h10-15,17-19,23-24H,4-9,16H2,1-3H3,(H,30,33)(H,31,34)/b29-18+/t24-/m0/s1. The van der Waals surface area contributed by atoms with Crippen LogP contribution in [0, 0.1) is 5.92 Å². The molecule has 1 heterocycles. The zero-order valence-electron chi connectivity index (χ0n) is 21.3. The Morgan fingerprint density at radius 1 is 0.972 bits per heavy atom. The number of methoxy groups -OCH3 is 1.